The number of unbranched alkanes of at least 4 members (excludes halogenated alkanes) is 1. The van der Waals surface area contributed by atoms with Crippen LogP contribution in [0.5, 0.6) is 0 Å². The first kappa shape index (κ1) is 11.0. The lowest BCUT2D eigenvalue weighted by molar-refractivity contribution is 0.420. The van der Waals surface area contributed by atoms with Crippen LogP contribution >= 0.6 is 0 Å². The van der Waals surface area contributed by atoms with E-state index in [1.807, 2.05) is 13.8 Å². The zero-order valence-electron chi connectivity index (χ0n) is 8.49. The maximum Gasteiger partial charge on any atom is 0.214 e. The van der Waals surface area contributed by atoms with Crippen LogP contribution in [0, 0.1) is 0 Å². The van der Waals surface area contributed by atoms with Gasteiger partial charge in [-0.2, -0.15) is 4.31 Å². The minimum atomic E-state index is -2.94. The van der Waals surface area contributed by atoms with Gasteiger partial charge in [0, 0.05) is 12.6 Å². The highest BCUT2D eigenvalue weighted by Gasteiger charge is 2.35. The molecule has 13 heavy (non-hydrogen) atoms. The van der Waals surface area contributed by atoms with Crippen molar-refractivity contribution in [2.45, 2.75) is 45.6 Å². The molecule has 0 aliphatic heterocycles. The Bertz CT molecular complexity index is 244. The Morgan fingerprint density at radius 2 is 1.92 bits per heavy atom. The van der Waals surface area contributed by atoms with Gasteiger partial charge in [-0.3, -0.25) is 0 Å². The van der Waals surface area contributed by atoms with Crippen molar-refractivity contribution in [2.24, 2.45) is 0 Å². The summed E-state index contributed by atoms with van der Waals surface area (Å²) >= 11 is 0. The standard InChI is InChI=1S/C9H19NO2S/c1-3-5-8-13(11,12)10(4-2)9-6-7-9/h9H,3-8H2,1-2H3. The molecule has 78 valence electrons. The Hall–Kier alpha value is -0.0900. The van der Waals surface area contributed by atoms with Gasteiger partial charge >= 0.3 is 0 Å². The van der Waals surface area contributed by atoms with Crippen LogP contribution in [0.4, 0.5) is 0 Å². The summed E-state index contributed by atoms with van der Waals surface area (Å²) in [6.07, 6.45) is 3.84. The van der Waals surface area contributed by atoms with Gasteiger partial charge in [-0.05, 0) is 19.3 Å². The van der Waals surface area contributed by atoms with Crippen molar-refractivity contribution < 1.29 is 8.42 Å². The van der Waals surface area contributed by atoms with Crippen molar-refractivity contribution in [1.82, 2.24) is 4.31 Å². The van der Waals surface area contributed by atoms with Crippen molar-refractivity contribution in [2.75, 3.05) is 12.3 Å². The molecule has 0 bridgehead atoms. The van der Waals surface area contributed by atoms with E-state index in [0.29, 0.717) is 18.3 Å². The van der Waals surface area contributed by atoms with Gasteiger partial charge in [-0.1, -0.05) is 20.3 Å². The van der Waals surface area contributed by atoms with Crippen LogP contribution in [0.2, 0.25) is 0 Å². The molecule has 0 aromatic heterocycles. The maximum atomic E-state index is 11.7. The van der Waals surface area contributed by atoms with Gasteiger partial charge in [0.2, 0.25) is 10.0 Å². The third-order valence-corrected chi connectivity index (χ3v) is 4.45. The van der Waals surface area contributed by atoms with Gasteiger partial charge in [0.25, 0.3) is 0 Å². The number of hydrogen-bond donors (Lipinski definition) is 0. The fourth-order valence-electron chi connectivity index (χ4n) is 1.49. The molecule has 1 aliphatic rings. The van der Waals surface area contributed by atoms with E-state index in [0.717, 1.165) is 25.7 Å². The number of nitrogens with zero attached hydrogens (tertiary/aromatic N) is 1. The first-order chi connectivity index (χ1) is 6.11. The molecule has 1 aliphatic carbocycles. The van der Waals surface area contributed by atoms with E-state index in [1.54, 1.807) is 4.31 Å². The van der Waals surface area contributed by atoms with E-state index in [-0.39, 0.29) is 0 Å². The van der Waals surface area contributed by atoms with Gasteiger partial charge in [-0.25, -0.2) is 8.42 Å². The maximum absolute atomic E-state index is 11.7. The molecule has 0 amide bonds. The second-order valence-electron chi connectivity index (χ2n) is 3.60. The fourth-order valence-corrected chi connectivity index (χ4v) is 3.43. The topological polar surface area (TPSA) is 37.4 Å². The van der Waals surface area contributed by atoms with Crippen LogP contribution in [0.3, 0.4) is 0 Å². The summed E-state index contributed by atoms with van der Waals surface area (Å²) in [4.78, 5) is 0. The molecule has 1 saturated carbocycles. The van der Waals surface area contributed by atoms with Crippen LogP contribution in [0.25, 0.3) is 0 Å². The van der Waals surface area contributed by atoms with E-state index >= 15 is 0 Å². The highest BCUT2D eigenvalue weighted by molar-refractivity contribution is 7.89. The molecule has 0 atom stereocenters. The summed E-state index contributed by atoms with van der Waals surface area (Å²) in [5.74, 6) is 0.327. The molecule has 0 aromatic rings. The number of sulfonamides is 1. The third kappa shape index (κ3) is 2.95. The van der Waals surface area contributed by atoms with Crippen LogP contribution in [0.1, 0.15) is 39.5 Å². The van der Waals surface area contributed by atoms with E-state index < -0.39 is 10.0 Å². The molecule has 0 unspecified atom stereocenters. The van der Waals surface area contributed by atoms with Crippen LogP contribution in [-0.4, -0.2) is 31.1 Å². The van der Waals surface area contributed by atoms with E-state index in [1.165, 1.54) is 0 Å². The largest absolute Gasteiger partial charge is 0.214 e. The van der Waals surface area contributed by atoms with Crippen LogP contribution < -0.4 is 0 Å². The predicted molar refractivity (Wildman–Crippen MR) is 54.1 cm³/mol. The summed E-state index contributed by atoms with van der Waals surface area (Å²) in [7, 11) is -2.94. The van der Waals surface area contributed by atoms with Crippen molar-refractivity contribution in [3.8, 4) is 0 Å². The van der Waals surface area contributed by atoms with Crippen molar-refractivity contribution >= 4 is 10.0 Å². The monoisotopic (exact) mass is 205 g/mol. The Kier molecular flexibility index (Phi) is 3.74. The minimum Gasteiger partial charge on any atom is -0.212 e. The minimum absolute atomic E-state index is 0.326. The molecule has 4 heteroatoms. The second kappa shape index (κ2) is 4.42. The lowest BCUT2D eigenvalue weighted by atomic mass is 10.4. The zero-order chi connectivity index (χ0) is 9.90. The number of hydrogen-bond acceptors (Lipinski definition) is 2. The SMILES string of the molecule is CCCCS(=O)(=O)N(CC)C1CC1. The third-order valence-electron chi connectivity index (χ3n) is 2.38. The average Bonchev–Trinajstić information content (AvgIpc) is 2.86. The normalized spacial score (nSPS) is 18.1. The molecular formula is C9H19NO2S. The summed E-state index contributed by atoms with van der Waals surface area (Å²) in [6, 6.07) is 0.326. The van der Waals surface area contributed by atoms with E-state index in [9.17, 15) is 8.42 Å². The van der Waals surface area contributed by atoms with Crippen molar-refractivity contribution in [3.05, 3.63) is 0 Å². The quantitative estimate of drug-likeness (QED) is 0.660. The first-order valence-electron chi connectivity index (χ1n) is 5.11. The molecule has 0 heterocycles. The second-order valence-corrected chi connectivity index (χ2v) is 5.65. The summed E-state index contributed by atoms with van der Waals surface area (Å²) in [5, 5.41) is 0. The van der Waals surface area contributed by atoms with Gasteiger partial charge in [0.1, 0.15) is 0 Å². The van der Waals surface area contributed by atoms with Gasteiger partial charge < -0.3 is 0 Å². The fraction of sp³-hybridized carbons (Fsp3) is 1.00. The molecule has 0 spiro atoms. The lowest BCUT2D eigenvalue weighted by Gasteiger charge is -2.19. The van der Waals surface area contributed by atoms with Crippen molar-refractivity contribution in [3.63, 3.8) is 0 Å². The molecule has 0 radical (unpaired) electrons. The molecule has 1 fully saturated rings. The van der Waals surface area contributed by atoms with E-state index in [2.05, 4.69) is 0 Å². The highest BCUT2D eigenvalue weighted by Crippen LogP contribution is 2.29. The van der Waals surface area contributed by atoms with Gasteiger partial charge in [0.05, 0.1) is 5.75 Å². The van der Waals surface area contributed by atoms with Gasteiger partial charge in [-0.15, -0.1) is 0 Å². The molecule has 0 N–H and O–H groups in total. The van der Waals surface area contributed by atoms with E-state index in [4.69, 9.17) is 0 Å². The lowest BCUT2D eigenvalue weighted by Crippen LogP contribution is -2.34. The first-order valence-corrected chi connectivity index (χ1v) is 6.72. The summed E-state index contributed by atoms with van der Waals surface area (Å²) in [5.41, 5.74) is 0. The van der Waals surface area contributed by atoms with Crippen molar-refractivity contribution in [1.29, 1.82) is 0 Å². The summed E-state index contributed by atoms with van der Waals surface area (Å²) in [6.45, 7) is 4.57. The Morgan fingerprint density at radius 1 is 1.31 bits per heavy atom. The Morgan fingerprint density at radius 3 is 2.31 bits per heavy atom. The molecule has 1 rings (SSSR count). The Labute approximate surface area is 81.2 Å². The highest BCUT2D eigenvalue weighted by atomic mass is 32.2. The smallest absolute Gasteiger partial charge is 0.212 e. The molecule has 0 saturated heterocycles. The van der Waals surface area contributed by atoms with Crippen LogP contribution in [0.15, 0.2) is 0 Å². The van der Waals surface area contributed by atoms with Crippen LogP contribution in [-0.2, 0) is 10.0 Å². The molecule has 0 aromatic carbocycles. The van der Waals surface area contributed by atoms with Gasteiger partial charge in [0.15, 0.2) is 0 Å². The Balaban J connectivity index is 2.54. The summed E-state index contributed by atoms with van der Waals surface area (Å²) < 4.78 is 25.1. The number of rotatable bonds is 6. The molecular weight excluding hydrogens is 186 g/mol. The molecule has 3 nitrogen and oxygen atoms in total. The zero-order valence-corrected chi connectivity index (χ0v) is 9.31. The average molecular weight is 205 g/mol. The predicted octanol–water partition coefficient (Wildman–Crippen LogP) is 1.60.